The molecule has 0 saturated carbocycles. The number of methoxy groups -OCH3 is 2. The fourth-order valence-electron chi connectivity index (χ4n) is 3.52. The van der Waals surface area contributed by atoms with Gasteiger partial charge < -0.3 is 14.8 Å². The predicted molar refractivity (Wildman–Crippen MR) is 108 cm³/mol. The number of ether oxygens (including phenoxy) is 2. The molecule has 2 aromatic rings. The highest BCUT2D eigenvalue weighted by Crippen LogP contribution is 2.34. The number of carbonyl (C=O) groups excluding carboxylic acids is 1. The second-order valence-electron chi connectivity index (χ2n) is 6.83. The van der Waals surface area contributed by atoms with Gasteiger partial charge in [0, 0.05) is 18.2 Å². The molecule has 1 heterocycles. The fraction of sp³-hybridized carbons (Fsp3) is 0.350. The van der Waals surface area contributed by atoms with Crippen molar-refractivity contribution in [2.24, 2.45) is 0 Å². The minimum absolute atomic E-state index is 0.157. The van der Waals surface area contributed by atoms with Crippen molar-refractivity contribution in [3.05, 3.63) is 53.1 Å². The number of anilines is 1. The lowest BCUT2D eigenvalue weighted by Crippen LogP contribution is -2.34. The number of rotatable bonds is 6. The SMILES string of the molecule is COc1ccc(CNC(=O)c2ccc3c(c2)C[C@@H](C)N3S(C)(=O)=O)cc1OC. The molecule has 0 unspecified atom stereocenters. The van der Waals surface area contributed by atoms with E-state index in [0.717, 1.165) is 11.1 Å². The summed E-state index contributed by atoms with van der Waals surface area (Å²) in [4.78, 5) is 12.6. The van der Waals surface area contributed by atoms with Gasteiger partial charge in [0.2, 0.25) is 10.0 Å². The van der Waals surface area contributed by atoms with Gasteiger partial charge >= 0.3 is 0 Å². The molecule has 1 atom stereocenters. The summed E-state index contributed by atoms with van der Waals surface area (Å²) >= 11 is 0. The summed E-state index contributed by atoms with van der Waals surface area (Å²) in [5, 5.41) is 2.88. The van der Waals surface area contributed by atoms with Crippen molar-refractivity contribution in [3.8, 4) is 11.5 Å². The van der Waals surface area contributed by atoms with Gasteiger partial charge in [0.05, 0.1) is 26.2 Å². The molecule has 0 aromatic heterocycles. The van der Waals surface area contributed by atoms with E-state index >= 15 is 0 Å². The summed E-state index contributed by atoms with van der Waals surface area (Å²) in [6.45, 7) is 2.19. The normalized spacial score (nSPS) is 15.9. The highest BCUT2D eigenvalue weighted by Gasteiger charge is 2.32. The van der Waals surface area contributed by atoms with Crippen LogP contribution in [0.1, 0.15) is 28.4 Å². The second-order valence-corrected chi connectivity index (χ2v) is 8.69. The Bertz CT molecular complexity index is 1000. The van der Waals surface area contributed by atoms with Crippen molar-refractivity contribution in [2.45, 2.75) is 25.9 Å². The topological polar surface area (TPSA) is 84.9 Å². The molecule has 0 aliphatic carbocycles. The van der Waals surface area contributed by atoms with E-state index in [1.165, 1.54) is 10.6 Å². The molecule has 0 fully saturated rings. The monoisotopic (exact) mass is 404 g/mol. The molecule has 1 aliphatic rings. The number of amides is 1. The number of hydrogen-bond acceptors (Lipinski definition) is 5. The van der Waals surface area contributed by atoms with E-state index < -0.39 is 10.0 Å². The van der Waals surface area contributed by atoms with Crippen LogP contribution in [0.5, 0.6) is 11.5 Å². The first-order valence-corrected chi connectivity index (χ1v) is 10.7. The van der Waals surface area contributed by atoms with Crippen LogP contribution in [-0.4, -0.2) is 40.8 Å². The van der Waals surface area contributed by atoms with Crippen LogP contribution in [0.4, 0.5) is 5.69 Å². The summed E-state index contributed by atoms with van der Waals surface area (Å²) in [6.07, 6.45) is 1.78. The van der Waals surface area contributed by atoms with E-state index in [1.54, 1.807) is 38.5 Å². The summed E-state index contributed by atoms with van der Waals surface area (Å²) in [5.74, 6) is 1.01. The van der Waals surface area contributed by atoms with E-state index in [9.17, 15) is 13.2 Å². The molecule has 28 heavy (non-hydrogen) atoms. The van der Waals surface area contributed by atoms with Crippen LogP contribution < -0.4 is 19.1 Å². The average molecular weight is 404 g/mol. The molecule has 7 nitrogen and oxygen atoms in total. The molecular formula is C20H24N2O5S. The molecule has 0 saturated heterocycles. The van der Waals surface area contributed by atoms with E-state index in [0.29, 0.717) is 35.7 Å². The molecule has 1 N–H and O–H groups in total. The minimum atomic E-state index is -3.35. The first kappa shape index (κ1) is 20.0. The Morgan fingerprint density at radius 3 is 2.50 bits per heavy atom. The minimum Gasteiger partial charge on any atom is -0.493 e. The first-order chi connectivity index (χ1) is 13.2. The zero-order valence-electron chi connectivity index (χ0n) is 16.4. The Kier molecular flexibility index (Phi) is 5.51. The van der Waals surface area contributed by atoms with Crippen LogP contribution in [0.2, 0.25) is 0 Å². The van der Waals surface area contributed by atoms with Gasteiger partial charge in [-0.2, -0.15) is 0 Å². The van der Waals surface area contributed by atoms with Crippen molar-refractivity contribution < 1.29 is 22.7 Å². The van der Waals surface area contributed by atoms with Gasteiger partial charge in [0.15, 0.2) is 11.5 Å². The third-order valence-electron chi connectivity index (χ3n) is 4.75. The lowest BCUT2D eigenvalue weighted by atomic mass is 10.1. The van der Waals surface area contributed by atoms with Crippen LogP contribution >= 0.6 is 0 Å². The Hall–Kier alpha value is -2.74. The second kappa shape index (κ2) is 7.71. The van der Waals surface area contributed by atoms with E-state index in [1.807, 2.05) is 19.1 Å². The van der Waals surface area contributed by atoms with Crippen molar-refractivity contribution in [2.75, 3.05) is 24.8 Å². The van der Waals surface area contributed by atoms with Gasteiger partial charge in [-0.15, -0.1) is 0 Å². The van der Waals surface area contributed by atoms with E-state index in [2.05, 4.69) is 5.32 Å². The zero-order valence-corrected chi connectivity index (χ0v) is 17.2. The number of sulfonamides is 1. The fourth-order valence-corrected chi connectivity index (χ4v) is 4.79. The third kappa shape index (κ3) is 3.91. The number of hydrogen-bond donors (Lipinski definition) is 1. The maximum absolute atomic E-state index is 12.6. The maximum atomic E-state index is 12.6. The lowest BCUT2D eigenvalue weighted by Gasteiger charge is -2.21. The number of fused-ring (bicyclic) bond motifs is 1. The Morgan fingerprint density at radius 2 is 1.86 bits per heavy atom. The smallest absolute Gasteiger partial charge is 0.251 e. The maximum Gasteiger partial charge on any atom is 0.251 e. The summed E-state index contributed by atoms with van der Waals surface area (Å²) in [6, 6.07) is 10.4. The highest BCUT2D eigenvalue weighted by molar-refractivity contribution is 7.92. The lowest BCUT2D eigenvalue weighted by molar-refractivity contribution is 0.0951. The molecule has 150 valence electrons. The molecule has 3 rings (SSSR count). The van der Waals surface area contributed by atoms with E-state index in [-0.39, 0.29) is 11.9 Å². The largest absolute Gasteiger partial charge is 0.493 e. The summed E-state index contributed by atoms with van der Waals surface area (Å²) < 4.78 is 35.9. The molecular weight excluding hydrogens is 380 g/mol. The Labute approximate surface area is 165 Å². The van der Waals surface area contributed by atoms with Gasteiger partial charge in [0.25, 0.3) is 5.91 Å². The van der Waals surface area contributed by atoms with Gasteiger partial charge in [-0.3, -0.25) is 9.10 Å². The molecule has 1 amide bonds. The van der Waals surface area contributed by atoms with Crippen LogP contribution in [0, 0.1) is 0 Å². The number of nitrogens with one attached hydrogen (secondary N) is 1. The van der Waals surface area contributed by atoms with Crippen LogP contribution in [0.25, 0.3) is 0 Å². The molecule has 2 aromatic carbocycles. The van der Waals surface area contributed by atoms with Gasteiger partial charge in [-0.05, 0) is 54.8 Å². The first-order valence-electron chi connectivity index (χ1n) is 8.86. The van der Waals surface area contributed by atoms with Crippen molar-refractivity contribution >= 4 is 21.6 Å². The Balaban J connectivity index is 1.74. The average Bonchev–Trinajstić information content (AvgIpc) is 3.00. The number of carbonyl (C=O) groups is 1. The Morgan fingerprint density at radius 1 is 1.14 bits per heavy atom. The number of benzene rings is 2. The van der Waals surface area contributed by atoms with E-state index in [4.69, 9.17) is 9.47 Å². The standard InChI is InChI=1S/C20H24N2O5S/c1-13-9-16-11-15(6-7-17(16)22(13)28(4,24)25)20(23)21-12-14-5-8-18(26-2)19(10-14)27-3/h5-8,10-11,13H,9,12H2,1-4H3,(H,21,23)/t13-/m1/s1. The van der Waals surface area contributed by atoms with Gasteiger partial charge in [-0.25, -0.2) is 8.42 Å². The van der Waals surface area contributed by atoms with Crippen molar-refractivity contribution in [3.63, 3.8) is 0 Å². The van der Waals surface area contributed by atoms with Gasteiger partial charge in [-0.1, -0.05) is 6.07 Å². The molecule has 0 spiro atoms. The molecule has 0 radical (unpaired) electrons. The molecule has 8 heteroatoms. The summed E-state index contributed by atoms with van der Waals surface area (Å²) in [7, 11) is -0.217. The summed E-state index contributed by atoms with van der Waals surface area (Å²) in [5.41, 5.74) is 2.88. The quantitative estimate of drug-likeness (QED) is 0.799. The molecule has 1 aliphatic heterocycles. The zero-order chi connectivity index (χ0) is 20.5. The van der Waals surface area contributed by atoms with Crippen LogP contribution in [0.3, 0.4) is 0 Å². The van der Waals surface area contributed by atoms with Gasteiger partial charge in [0.1, 0.15) is 0 Å². The van der Waals surface area contributed by atoms with Crippen molar-refractivity contribution in [1.29, 1.82) is 0 Å². The molecule has 0 bridgehead atoms. The van der Waals surface area contributed by atoms with Crippen LogP contribution in [0.15, 0.2) is 36.4 Å². The van der Waals surface area contributed by atoms with Crippen molar-refractivity contribution in [1.82, 2.24) is 5.32 Å². The van der Waals surface area contributed by atoms with Crippen LogP contribution in [-0.2, 0) is 23.0 Å². The third-order valence-corrected chi connectivity index (χ3v) is 6.02. The predicted octanol–water partition coefficient (Wildman–Crippen LogP) is 2.34. The highest BCUT2D eigenvalue weighted by atomic mass is 32.2. The number of nitrogens with zero attached hydrogens (tertiary/aromatic N) is 1.